The van der Waals surface area contributed by atoms with Crippen LogP contribution in [0.25, 0.3) is 0 Å². The Kier molecular flexibility index (Phi) is 4.55. The number of halogens is 1. The molecule has 0 aliphatic carbocycles. The summed E-state index contributed by atoms with van der Waals surface area (Å²) in [5, 5.41) is 12.0. The number of hydrogen-bond acceptors (Lipinski definition) is 4. The highest BCUT2D eigenvalue weighted by Crippen LogP contribution is 2.28. The third-order valence-electron chi connectivity index (χ3n) is 3.14. The summed E-state index contributed by atoms with van der Waals surface area (Å²) in [6.45, 7) is 5.57. The Morgan fingerprint density at radius 3 is 2.61 bits per heavy atom. The van der Waals surface area contributed by atoms with Crippen molar-refractivity contribution in [2.45, 2.75) is 44.5 Å². The number of nitrogens with zero attached hydrogens (tertiary/aromatic N) is 1. The fourth-order valence-corrected chi connectivity index (χ4v) is 2.12. The van der Waals surface area contributed by atoms with E-state index in [0.29, 0.717) is 0 Å². The Morgan fingerprint density at radius 2 is 2.22 bits per heavy atom. The van der Waals surface area contributed by atoms with Gasteiger partial charge in [0.2, 0.25) is 0 Å². The van der Waals surface area contributed by atoms with Gasteiger partial charge in [0.1, 0.15) is 11.8 Å². The number of ether oxygens (including phenoxy) is 1. The maximum atomic E-state index is 13.4. The largest absolute Gasteiger partial charge is 0.444 e. The van der Waals surface area contributed by atoms with Gasteiger partial charge in [-0.2, -0.15) is 0 Å². The average Bonchev–Trinajstić information content (AvgIpc) is 2.49. The van der Waals surface area contributed by atoms with Crippen LogP contribution < -0.4 is 5.32 Å². The summed E-state index contributed by atoms with van der Waals surface area (Å²) in [4.78, 5) is 13.3. The highest BCUT2D eigenvalue weighted by Gasteiger charge is 2.43. The van der Waals surface area contributed by atoms with Crippen LogP contribution in [-0.4, -0.2) is 60.2 Å². The number of amides is 1. The second kappa shape index (κ2) is 5.40. The summed E-state index contributed by atoms with van der Waals surface area (Å²) < 4.78 is 18.5. The minimum atomic E-state index is -0.970. The molecule has 1 amide bonds. The SMILES string of the molecule is CN1C[C@H](F)CC1(CO)CNC(=O)OC(C)(C)C. The predicted molar refractivity (Wildman–Crippen MR) is 66.2 cm³/mol. The van der Waals surface area contributed by atoms with Gasteiger partial charge in [0.05, 0.1) is 12.1 Å². The zero-order valence-corrected chi connectivity index (χ0v) is 11.5. The number of alkyl carbamates (subject to hydrolysis) is 1. The van der Waals surface area contributed by atoms with Crippen molar-refractivity contribution in [2.75, 3.05) is 26.7 Å². The summed E-state index contributed by atoms with van der Waals surface area (Å²) in [7, 11) is 1.74. The molecule has 1 aliphatic heterocycles. The molecule has 106 valence electrons. The first-order valence-electron chi connectivity index (χ1n) is 6.11. The van der Waals surface area contributed by atoms with Crippen LogP contribution in [0.2, 0.25) is 0 Å². The number of nitrogens with one attached hydrogen (secondary N) is 1. The Morgan fingerprint density at radius 1 is 1.61 bits per heavy atom. The lowest BCUT2D eigenvalue weighted by Crippen LogP contribution is -2.53. The first kappa shape index (κ1) is 15.2. The molecule has 18 heavy (non-hydrogen) atoms. The average molecular weight is 262 g/mol. The van der Waals surface area contributed by atoms with E-state index in [4.69, 9.17) is 4.74 Å². The summed E-state index contributed by atoms with van der Waals surface area (Å²) in [5.74, 6) is 0. The Balaban J connectivity index is 2.53. The molecule has 0 radical (unpaired) electrons. The van der Waals surface area contributed by atoms with Gasteiger partial charge < -0.3 is 15.2 Å². The van der Waals surface area contributed by atoms with Gasteiger partial charge in [0, 0.05) is 19.5 Å². The van der Waals surface area contributed by atoms with Crippen LogP contribution in [0.1, 0.15) is 27.2 Å². The molecule has 0 aromatic carbocycles. The first-order valence-corrected chi connectivity index (χ1v) is 6.11. The number of likely N-dealkylation sites (tertiary alicyclic amines) is 1. The van der Waals surface area contributed by atoms with Gasteiger partial charge in [-0.1, -0.05) is 0 Å². The van der Waals surface area contributed by atoms with Crippen molar-refractivity contribution in [1.29, 1.82) is 0 Å². The monoisotopic (exact) mass is 262 g/mol. The number of aliphatic hydroxyl groups excluding tert-OH is 1. The third kappa shape index (κ3) is 3.81. The van der Waals surface area contributed by atoms with Crippen LogP contribution in [0.3, 0.4) is 0 Å². The summed E-state index contributed by atoms with van der Waals surface area (Å²) >= 11 is 0. The lowest BCUT2D eigenvalue weighted by Gasteiger charge is -2.34. The van der Waals surface area contributed by atoms with Gasteiger partial charge in [-0.25, -0.2) is 9.18 Å². The molecule has 2 N–H and O–H groups in total. The van der Waals surface area contributed by atoms with Crippen molar-refractivity contribution in [3.05, 3.63) is 0 Å². The zero-order chi connectivity index (χ0) is 14.0. The normalized spacial score (nSPS) is 29.3. The Hall–Kier alpha value is -0.880. The minimum Gasteiger partial charge on any atom is -0.444 e. The van der Waals surface area contributed by atoms with E-state index in [2.05, 4.69) is 5.32 Å². The van der Waals surface area contributed by atoms with E-state index in [1.165, 1.54) is 0 Å². The van der Waals surface area contributed by atoms with Crippen molar-refractivity contribution < 1.29 is 19.0 Å². The van der Waals surface area contributed by atoms with Crippen LogP contribution in [0, 0.1) is 0 Å². The first-order chi connectivity index (χ1) is 8.18. The number of carbonyl (C=O) groups excluding carboxylic acids is 1. The maximum Gasteiger partial charge on any atom is 0.407 e. The number of carbonyl (C=O) groups is 1. The lowest BCUT2D eigenvalue weighted by molar-refractivity contribution is 0.0424. The molecule has 1 saturated heterocycles. The van der Waals surface area contributed by atoms with E-state index in [1.807, 2.05) is 0 Å². The van der Waals surface area contributed by atoms with Gasteiger partial charge in [0.15, 0.2) is 0 Å². The summed E-state index contributed by atoms with van der Waals surface area (Å²) in [5.41, 5.74) is -1.29. The molecule has 6 heteroatoms. The predicted octanol–water partition coefficient (Wildman–Crippen LogP) is 0.916. The molecular weight excluding hydrogens is 239 g/mol. The zero-order valence-electron chi connectivity index (χ0n) is 11.5. The van der Waals surface area contributed by atoms with Crippen LogP contribution in [-0.2, 0) is 4.74 Å². The van der Waals surface area contributed by atoms with Crippen LogP contribution in [0.5, 0.6) is 0 Å². The van der Waals surface area contributed by atoms with Gasteiger partial charge in [-0.05, 0) is 27.8 Å². The molecule has 0 saturated carbocycles. The number of rotatable bonds is 3. The van der Waals surface area contributed by atoms with Crippen LogP contribution in [0.15, 0.2) is 0 Å². The molecule has 2 atom stereocenters. The molecule has 1 fully saturated rings. The number of aliphatic hydroxyl groups is 1. The van der Waals surface area contributed by atoms with E-state index < -0.39 is 23.4 Å². The Bertz CT molecular complexity index is 306. The number of likely N-dealkylation sites (N-methyl/N-ethyl adjacent to an activating group) is 1. The molecule has 0 aromatic rings. The maximum absolute atomic E-state index is 13.4. The quantitative estimate of drug-likeness (QED) is 0.794. The third-order valence-corrected chi connectivity index (χ3v) is 3.14. The number of hydrogen-bond donors (Lipinski definition) is 2. The smallest absolute Gasteiger partial charge is 0.407 e. The molecule has 1 rings (SSSR count). The fourth-order valence-electron chi connectivity index (χ4n) is 2.12. The van der Waals surface area contributed by atoms with E-state index in [0.717, 1.165) is 0 Å². The van der Waals surface area contributed by atoms with Gasteiger partial charge in [0.25, 0.3) is 0 Å². The highest BCUT2D eigenvalue weighted by molar-refractivity contribution is 5.67. The molecule has 5 nitrogen and oxygen atoms in total. The van der Waals surface area contributed by atoms with Crippen LogP contribution >= 0.6 is 0 Å². The molecule has 0 aromatic heterocycles. The second-order valence-corrected chi connectivity index (χ2v) is 5.92. The van der Waals surface area contributed by atoms with Crippen LogP contribution in [0.4, 0.5) is 9.18 Å². The summed E-state index contributed by atoms with van der Waals surface area (Å²) in [6.07, 6.45) is -1.30. The van der Waals surface area contributed by atoms with Crippen molar-refractivity contribution >= 4 is 6.09 Å². The van der Waals surface area contributed by atoms with E-state index >= 15 is 0 Å². The Labute approximate surface area is 107 Å². The topological polar surface area (TPSA) is 61.8 Å². The highest BCUT2D eigenvalue weighted by atomic mass is 19.1. The fraction of sp³-hybridized carbons (Fsp3) is 0.917. The molecule has 1 heterocycles. The van der Waals surface area contributed by atoms with Crippen molar-refractivity contribution in [3.8, 4) is 0 Å². The molecule has 1 unspecified atom stereocenters. The molecule has 1 aliphatic rings. The lowest BCUT2D eigenvalue weighted by atomic mass is 9.97. The number of alkyl halides is 1. The van der Waals surface area contributed by atoms with E-state index in [1.54, 1.807) is 32.7 Å². The summed E-state index contributed by atoms with van der Waals surface area (Å²) in [6, 6.07) is 0. The second-order valence-electron chi connectivity index (χ2n) is 5.92. The van der Waals surface area contributed by atoms with Gasteiger partial charge in [-0.15, -0.1) is 0 Å². The minimum absolute atomic E-state index is 0.176. The van der Waals surface area contributed by atoms with E-state index in [9.17, 15) is 14.3 Å². The molecular formula is C12H23FN2O3. The van der Waals surface area contributed by atoms with E-state index in [-0.39, 0.29) is 26.1 Å². The van der Waals surface area contributed by atoms with Crippen molar-refractivity contribution in [3.63, 3.8) is 0 Å². The van der Waals surface area contributed by atoms with Gasteiger partial charge >= 0.3 is 6.09 Å². The molecule has 0 bridgehead atoms. The van der Waals surface area contributed by atoms with Crippen molar-refractivity contribution in [1.82, 2.24) is 10.2 Å². The van der Waals surface area contributed by atoms with Gasteiger partial charge in [-0.3, -0.25) is 4.90 Å². The molecule has 0 spiro atoms. The standard InChI is InChI=1S/C12H23FN2O3/c1-11(2,3)18-10(17)14-7-12(8-16)5-9(13)6-15(12)4/h9,16H,5-8H2,1-4H3,(H,14,17)/t9-,12?/m1/s1. The van der Waals surface area contributed by atoms with Crippen molar-refractivity contribution in [2.24, 2.45) is 0 Å².